The highest BCUT2D eigenvalue weighted by atomic mass is 16.5. The summed E-state index contributed by atoms with van der Waals surface area (Å²) < 4.78 is 16.3. The molecule has 2 unspecified atom stereocenters. The second kappa shape index (κ2) is 26.5. The zero-order valence-electron chi connectivity index (χ0n) is 26.9. The van der Waals surface area contributed by atoms with Crippen molar-refractivity contribution in [1.82, 2.24) is 31.5 Å². The van der Waals surface area contributed by atoms with Crippen molar-refractivity contribution in [3.8, 4) is 0 Å². The Morgan fingerprint density at radius 1 is 0.729 bits per heavy atom. The van der Waals surface area contributed by atoms with Crippen LogP contribution in [0, 0.1) is 0 Å². The van der Waals surface area contributed by atoms with Gasteiger partial charge in [-0.3, -0.25) is 38.5 Å². The van der Waals surface area contributed by atoms with E-state index in [0.717, 1.165) is 36.3 Å². The third kappa shape index (κ3) is 19.9. The van der Waals surface area contributed by atoms with E-state index in [1.807, 2.05) is 0 Å². The van der Waals surface area contributed by atoms with Gasteiger partial charge < -0.3 is 50.4 Å². The minimum atomic E-state index is -1.17. The quantitative estimate of drug-likeness (QED) is 0.0290. The topological polar surface area (TPSA) is 245 Å². The first-order valence-electron chi connectivity index (χ1n) is 15.7. The predicted molar refractivity (Wildman–Crippen MR) is 167 cm³/mol. The molecule has 18 heteroatoms. The molecule has 0 bridgehead atoms. The second-order valence-corrected chi connectivity index (χ2v) is 10.4. The molecule has 48 heavy (non-hydrogen) atoms. The van der Waals surface area contributed by atoms with Gasteiger partial charge in [0.25, 0.3) is 11.8 Å². The van der Waals surface area contributed by atoms with Gasteiger partial charge in [0.15, 0.2) is 0 Å². The third-order valence-electron chi connectivity index (χ3n) is 6.53. The van der Waals surface area contributed by atoms with Crippen LogP contribution in [0.3, 0.4) is 0 Å². The van der Waals surface area contributed by atoms with Crippen LogP contribution in [0.1, 0.15) is 44.9 Å². The first-order valence-corrected chi connectivity index (χ1v) is 15.7. The lowest BCUT2D eigenvalue weighted by molar-refractivity contribution is -0.141. The van der Waals surface area contributed by atoms with E-state index in [-0.39, 0.29) is 39.1 Å². The summed E-state index contributed by atoms with van der Waals surface area (Å²) in [5.74, 6) is -3.35. The standard InChI is InChI=1S/C30H46N6O12/c37-12-8-24(30(45)33-19-26(41)34-23(21-38)5-4-10-31-22-39)35-25(40)9-15-46-13-2-1-3-14-47-17-18-48-16-11-32-27(42)20-36-28(43)6-7-29(36)44/h6-7,12,21-24H,1-5,8-11,13-20H2,(H,31,39)(H,32,42)(H,33,45)(H,34,41)(H,35,40). The molecule has 5 N–H and O–H groups in total. The van der Waals surface area contributed by atoms with E-state index in [4.69, 9.17) is 14.2 Å². The molecule has 7 amide bonds. The van der Waals surface area contributed by atoms with Crippen molar-refractivity contribution in [3.63, 3.8) is 0 Å². The van der Waals surface area contributed by atoms with Gasteiger partial charge >= 0.3 is 0 Å². The van der Waals surface area contributed by atoms with Crippen molar-refractivity contribution in [2.24, 2.45) is 0 Å². The van der Waals surface area contributed by atoms with Crippen LogP contribution in [0.15, 0.2) is 12.2 Å². The van der Waals surface area contributed by atoms with Gasteiger partial charge in [-0.05, 0) is 32.1 Å². The zero-order valence-corrected chi connectivity index (χ0v) is 26.9. The fourth-order valence-electron chi connectivity index (χ4n) is 4.02. The van der Waals surface area contributed by atoms with Crippen LogP contribution in [-0.2, 0) is 57.4 Å². The maximum absolute atomic E-state index is 12.4. The molecule has 0 aromatic rings. The van der Waals surface area contributed by atoms with E-state index in [0.29, 0.717) is 64.8 Å². The number of carbonyl (C=O) groups is 9. The molecule has 0 saturated carbocycles. The molecule has 0 spiro atoms. The number of imide groups is 1. The fourth-order valence-corrected chi connectivity index (χ4v) is 4.02. The van der Waals surface area contributed by atoms with Crippen molar-refractivity contribution in [2.75, 3.05) is 65.8 Å². The molecule has 2 atom stereocenters. The molecule has 0 saturated heterocycles. The summed E-state index contributed by atoms with van der Waals surface area (Å²) in [6.07, 6.45) is 6.57. The number of amides is 7. The normalized spacial score (nSPS) is 13.4. The van der Waals surface area contributed by atoms with Crippen molar-refractivity contribution < 1.29 is 57.4 Å². The van der Waals surface area contributed by atoms with Gasteiger partial charge in [0, 0.05) is 51.3 Å². The van der Waals surface area contributed by atoms with Gasteiger partial charge in [-0.1, -0.05) is 0 Å². The van der Waals surface area contributed by atoms with Crippen molar-refractivity contribution in [3.05, 3.63) is 12.2 Å². The molecule has 0 aromatic carbocycles. The first kappa shape index (κ1) is 41.5. The number of carbonyl (C=O) groups excluding carboxylic acids is 9. The smallest absolute Gasteiger partial charge is 0.254 e. The van der Waals surface area contributed by atoms with E-state index in [1.165, 1.54) is 0 Å². The summed E-state index contributed by atoms with van der Waals surface area (Å²) in [6, 6.07) is -1.96. The van der Waals surface area contributed by atoms with Gasteiger partial charge in [0.1, 0.15) is 25.2 Å². The monoisotopic (exact) mass is 682 g/mol. The molecular weight excluding hydrogens is 636 g/mol. The maximum Gasteiger partial charge on any atom is 0.254 e. The van der Waals surface area contributed by atoms with Crippen LogP contribution >= 0.6 is 0 Å². The zero-order chi connectivity index (χ0) is 35.4. The van der Waals surface area contributed by atoms with Crippen LogP contribution in [0.25, 0.3) is 0 Å². The summed E-state index contributed by atoms with van der Waals surface area (Å²) in [5, 5.41) is 12.2. The van der Waals surface area contributed by atoms with E-state index in [9.17, 15) is 43.2 Å². The molecule has 0 radical (unpaired) electrons. The summed E-state index contributed by atoms with van der Waals surface area (Å²) in [7, 11) is 0. The van der Waals surface area contributed by atoms with E-state index in [1.54, 1.807) is 0 Å². The first-order chi connectivity index (χ1) is 23.2. The molecule has 268 valence electrons. The number of hydrogen-bond donors (Lipinski definition) is 5. The van der Waals surface area contributed by atoms with Crippen LogP contribution in [-0.4, -0.2) is 137 Å². The average Bonchev–Trinajstić information content (AvgIpc) is 3.38. The third-order valence-corrected chi connectivity index (χ3v) is 6.53. The van der Waals surface area contributed by atoms with Gasteiger partial charge in [-0.2, -0.15) is 0 Å². The molecule has 1 heterocycles. The summed E-state index contributed by atoms with van der Waals surface area (Å²) >= 11 is 0. The maximum atomic E-state index is 12.4. The number of nitrogens with one attached hydrogen (secondary N) is 5. The molecule has 1 rings (SSSR count). The molecule has 18 nitrogen and oxygen atoms in total. The molecule has 0 fully saturated rings. The minimum absolute atomic E-state index is 0.0365. The predicted octanol–water partition coefficient (Wildman–Crippen LogP) is -2.96. The Balaban J connectivity index is 2.03. The van der Waals surface area contributed by atoms with Crippen LogP contribution in [0.4, 0.5) is 0 Å². The lowest BCUT2D eigenvalue weighted by atomic mass is 10.1. The van der Waals surface area contributed by atoms with E-state index >= 15 is 0 Å². The highest BCUT2D eigenvalue weighted by Crippen LogP contribution is 2.02. The number of nitrogens with zero attached hydrogens (tertiary/aromatic N) is 1. The molecular formula is C30H46N6O12. The molecule has 1 aliphatic heterocycles. The van der Waals surface area contributed by atoms with Crippen LogP contribution < -0.4 is 26.6 Å². The summed E-state index contributed by atoms with van der Waals surface area (Å²) in [4.78, 5) is 105. The van der Waals surface area contributed by atoms with Crippen LogP contribution in [0.2, 0.25) is 0 Å². The summed E-state index contributed by atoms with van der Waals surface area (Å²) in [5.41, 5.74) is 0. The lowest BCUT2D eigenvalue weighted by Crippen LogP contribution is -2.50. The average molecular weight is 683 g/mol. The van der Waals surface area contributed by atoms with Gasteiger partial charge in [0.2, 0.25) is 30.0 Å². The number of unbranched alkanes of at least 4 members (excludes halogenated alkanes) is 2. The fraction of sp³-hybridized carbons (Fsp3) is 0.633. The second-order valence-electron chi connectivity index (χ2n) is 10.4. The number of rotatable bonds is 30. The van der Waals surface area contributed by atoms with E-state index < -0.39 is 54.1 Å². The molecule has 0 aromatic heterocycles. The van der Waals surface area contributed by atoms with Crippen molar-refractivity contribution >= 4 is 54.4 Å². The highest BCUT2D eigenvalue weighted by molar-refractivity contribution is 6.14. The number of aldehydes is 2. The SMILES string of the molecule is O=CCC(NC(=O)CCOCCCCCOCCOCCNC(=O)CN1C(=O)C=CC1=O)C(=O)NCC(=O)NC(C=O)CCCNC=O. The Kier molecular flexibility index (Phi) is 22.9. The minimum Gasteiger partial charge on any atom is -0.381 e. The Hall–Kier alpha value is -4.55. The van der Waals surface area contributed by atoms with E-state index in [2.05, 4.69) is 26.6 Å². The number of hydrogen-bond acceptors (Lipinski definition) is 12. The Labute approximate surface area is 278 Å². The Bertz CT molecular complexity index is 1080. The van der Waals surface area contributed by atoms with Gasteiger partial charge in [-0.25, -0.2) is 0 Å². The Morgan fingerprint density at radius 3 is 2.04 bits per heavy atom. The summed E-state index contributed by atoms with van der Waals surface area (Å²) in [6.45, 7) is 1.80. The van der Waals surface area contributed by atoms with Crippen molar-refractivity contribution in [1.29, 1.82) is 0 Å². The van der Waals surface area contributed by atoms with Gasteiger partial charge in [0.05, 0.1) is 39.0 Å². The highest BCUT2D eigenvalue weighted by Gasteiger charge is 2.25. The van der Waals surface area contributed by atoms with Crippen molar-refractivity contribution in [2.45, 2.75) is 57.0 Å². The number of ether oxygens (including phenoxy) is 3. The Morgan fingerprint density at radius 2 is 1.40 bits per heavy atom. The largest absolute Gasteiger partial charge is 0.381 e. The lowest BCUT2D eigenvalue weighted by Gasteiger charge is -2.17. The van der Waals surface area contributed by atoms with Crippen LogP contribution in [0.5, 0.6) is 0 Å². The van der Waals surface area contributed by atoms with Gasteiger partial charge in [-0.15, -0.1) is 0 Å². The molecule has 1 aliphatic rings. The molecule has 0 aliphatic carbocycles.